The fraction of sp³-hybridized carbons (Fsp3) is 0.435. The Bertz CT molecular complexity index is 843. The minimum absolute atomic E-state index is 0.0867. The Morgan fingerprint density at radius 2 is 1.97 bits per heavy atom. The van der Waals surface area contributed by atoms with E-state index in [4.69, 9.17) is 4.74 Å². The van der Waals surface area contributed by atoms with Gasteiger partial charge in [-0.05, 0) is 31.6 Å². The molecule has 1 aromatic heterocycles. The van der Waals surface area contributed by atoms with E-state index in [1.165, 1.54) is 4.90 Å². The van der Waals surface area contributed by atoms with E-state index in [0.29, 0.717) is 18.1 Å². The first-order chi connectivity index (χ1) is 14.6. The number of ether oxygens (including phenoxy) is 1. The van der Waals surface area contributed by atoms with Crippen molar-refractivity contribution in [2.45, 2.75) is 32.8 Å². The standard InChI is InChI=1S/C23H30N4O3/c1-3-5-15-26(4-2)16-14-24-20(28)17-27-22-19(12-9-13-25-22)30-21(23(27)29)18-10-7-6-8-11-18/h6-13,21H,3-5,14-17H2,1-2H3,(H,24,28)/t21-/m1/s1. The topological polar surface area (TPSA) is 74.8 Å². The fourth-order valence-electron chi connectivity index (χ4n) is 3.45. The molecule has 0 aliphatic carbocycles. The second-order valence-corrected chi connectivity index (χ2v) is 7.30. The Hall–Kier alpha value is -2.93. The normalized spacial score (nSPS) is 15.6. The maximum Gasteiger partial charge on any atom is 0.274 e. The van der Waals surface area contributed by atoms with Crippen molar-refractivity contribution in [3.8, 4) is 5.75 Å². The molecule has 7 heteroatoms. The number of anilines is 1. The average molecular weight is 411 g/mol. The predicted octanol–water partition coefficient (Wildman–Crippen LogP) is 2.79. The molecule has 30 heavy (non-hydrogen) atoms. The molecule has 0 saturated carbocycles. The van der Waals surface area contributed by atoms with Crippen LogP contribution in [0.15, 0.2) is 48.7 Å². The summed E-state index contributed by atoms with van der Waals surface area (Å²) in [6, 6.07) is 12.8. The number of hydrogen-bond acceptors (Lipinski definition) is 5. The quantitative estimate of drug-likeness (QED) is 0.652. The molecule has 1 atom stereocenters. The molecule has 1 aliphatic rings. The Balaban J connectivity index is 1.66. The smallest absolute Gasteiger partial charge is 0.274 e. The molecule has 3 rings (SSSR count). The Morgan fingerprint density at radius 3 is 2.70 bits per heavy atom. The molecule has 1 N–H and O–H groups in total. The van der Waals surface area contributed by atoms with E-state index >= 15 is 0 Å². The summed E-state index contributed by atoms with van der Waals surface area (Å²) in [7, 11) is 0. The van der Waals surface area contributed by atoms with Crippen LogP contribution in [0.2, 0.25) is 0 Å². The van der Waals surface area contributed by atoms with Gasteiger partial charge < -0.3 is 15.0 Å². The summed E-state index contributed by atoms with van der Waals surface area (Å²) < 4.78 is 5.91. The van der Waals surface area contributed by atoms with Gasteiger partial charge >= 0.3 is 0 Å². The number of rotatable bonds is 10. The number of likely N-dealkylation sites (N-methyl/N-ethyl adjacent to an activating group) is 1. The summed E-state index contributed by atoms with van der Waals surface area (Å²) in [5.74, 6) is 0.374. The van der Waals surface area contributed by atoms with E-state index < -0.39 is 6.10 Å². The maximum atomic E-state index is 13.1. The van der Waals surface area contributed by atoms with Crippen LogP contribution in [-0.4, -0.2) is 54.4 Å². The zero-order valence-corrected chi connectivity index (χ0v) is 17.7. The van der Waals surface area contributed by atoms with E-state index in [2.05, 4.69) is 29.0 Å². The van der Waals surface area contributed by atoms with Crippen LogP contribution in [0.1, 0.15) is 38.4 Å². The Kier molecular flexibility index (Phi) is 7.79. The second-order valence-electron chi connectivity index (χ2n) is 7.30. The van der Waals surface area contributed by atoms with E-state index in [-0.39, 0.29) is 18.4 Å². The highest BCUT2D eigenvalue weighted by Crippen LogP contribution is 2.36. The van der Waals surface area contributed by atoms with Crippen molar-refractivity contribution in [3.05, 3.63) is 54.2 Å². The van der Waals surface area contributed by atoms with E-state index in [9.17, 15) is 9.59 Å². The SMILES string of the molecule is CCCCN(CC)CCNC(=O)CN1C(=O)[C@@H](c2ccccc2)Oc2cccnc21. The number of nitrogens with one attached hydrogen (secondary N) is 1. The average Bonchev–Trinajstić information content (AvgIpc) is 2.78. The molecule has 0 radical (unpaired) electrons. The van der Waals surface area contributed by atoms with E-state index in [1.807, 2.05) is 30.3 Å². The third kappa shape index (κ3) is 5.36. The van der Waals surface area contributed by atoms with Gasteiger partial charge in [0.25, 0.3) is 5.91 Å². The minimum atomic E-state index is -0.791. The van der Waals surface area contributed by atoms with Gasteiger partial charge in [0.2, 0.25) is 12.0 Å². The predicted molar refractivity (Wildman–Crippen MR) is 116 cm³/mol. The van der Waals surface area contributed by atoms with Gasteiger partial charge in [-0.3, -0.25) is 14.5 Å². The molecule has 1 aromatic carbocycles. The van der Waals surface area contributed by atoms with Crippen molar-refractivity contribution in [2.24, 2.45) is 0 Å². The summed E-state index contributed by atoms with van der Waals surface area (Å²) in [5.41, 5.74) is 0.747. The van der Waals surface area contributed by atoms with Gasteiger partial charge in [-0.1, -0.05) is 50.6 Å². The van der Waals surface area contributed by atoms with Gasteiger partial charge in [-0.25, -0.2) is 4.98 Å². The highest BCUT2D eigenvalue weighted by Gasteiger charge is 2.37. The molecule has 0 fully saturated rings. The van der Waals surface area contributed by atoms with Crippen LogP contribution in [-0.2, 0) is 9.59 Å². The lowest BCUT2D eigenvalue weighted by atomic mass is 10.1. The van der Waals surface area contributed by atoms with Crippen molar-refractivity contribution in [1.82, 2.24) is 15.2 Å². The van der Waals surface area contributed by atoms with Gasteiger partial charge in [0, 0.05) is 24.8 Å². The molecule has 160 valence electrons. The van der Waals surface area contributed by atoms with Gasteiger partial charge in [0.05, 0.1) is 0 Å². The van der Waals surface area contributed by atoms with Crippen LogP contribution >= 0.6 is 0 Å². The van der Waals surface area contributed by atoms with Crippen LogP contribution in [0.5, 0.6) is 5.75 Å². The number of fused-ring (bicyclic) bond motifs is 1. The summed E-state index contributed by atoms with van der Waals surface area (Å²) in [5, 5.41) is 2.93. The summed E-state index contributed by atoms with van der Waals surface area (Å²) in [4.78, 5) is 33.8. The van der Waals surface area contributed by atoms with Crippen molar-refractivity contribution in [2.75, 3.05) is 37.6 Å². The zero-order valence-electron chi connectivity index (χ0n) is 17.7. The lowest BCUT2D eigenvalue weighted by molar-refractivity contribution is -0.129. The van der Waals surface area contributed by atoms with Crippen LogP contribution in [0, 0.1) is 0 Å². The lowest BCUT2D eigenvalue weighted by Crippen LogP contribution is -2.47. The minimum Gasteiger partial charge on any atom is -0.472 e. The monoisotopic (exact) mass is 410 g/mol. The van der Waals surface area contributed by atoms with Gasteiger partial charge in [-0.15, -0.1) is 0 Å². The highest BCUT2D eigenvalue weighted by atomic mass is 16.5. The molecule has 7 nitrogen and oxygen atoms in total. The first kappa shape index (κ1) is 21.8. The van der Waals surface area contributed by atoms with Crippen LogP contribution < -0.4 is 15.0 Å². The van der Waals surface area contributed by atoms with Crippen molar-refractivity contribution in [3.63, 3.8) is 0 Å². The lowest BCUT2D eigenvalue weighted by Gasteiger charge is -2.33. The van der Waals surface area contributed by atoms with Crippen LogP contribution in [0.25, 0.3) is 0 Å². The molecular weight excluding hydrogens is 380 g/mol. The number of nitrogens with zero attached hydrogens (tertiary/aromatic N) is 3. The third-order valence-electron chi connectivity index (χ3n) is 5.17. The zero-order chi connectivity index (χ0) is 21.3. The third-order valence-corrected chi connectivity index (χ3v) is 5.17. The van der Waals surface area contributed by atoms with Crippen molar-refractivity contribution in [1.29, 1.82) is 0 Å². The number of benzene rings is 1. The number of hydrogen-bond donors (Lipinski definition) is 1. The molecule has 2 aromatic rings. The number of unbranched alkanes of at least 4 members (excludes halogenated alkanes) is 1. The maximum absolute atomic E-state index is 13.1. The summed E-state index contributed by atoms with van der Waals surface area (Å²) in [6.07, 6.45) is 3.10. The number of amides is 2. The van der Waals surface area contributed by atoms with E-state index in [0.717, 1.165) is 38.0 Å². The molecule has 2 amide bonds. The second kappa shape index (κ2) is 10.7. The first-order valence-corrected chi connectivity index (χ1v) is 10.6. The summed E-state index contributed by atoms with van der Waals surface area (Å²) >= 11 is 0. The molecule has 0 spiro atoms. The number of aromatic nitrogens is 1. The number of carbonyl (C=O) groups is 2. The fourth-order valence-corrected chi connectivity index (χ4v) is 3.45. The van der Waals surface area contributed by atoms with Crippen LogP contribution in [0.3, 0.4) is 0 Å². The van der Waals surface area contributed by atoms with Crippen molar-refractivity contribution >= 4 is 17.6 Å². The number of carbonyl (C=O) groups excluding carboxylic acids is 2. The van der Waals surface area contributed by atoms with Gasteiger partial charge in [-0.2, -0.15) is 0 Å². The number of pyridine rings is 1. The molecule has 2 heterocycles. The van der Waals surface area contributed by atoms with Gasteiger partial charge in [0.15, 0.2) is 11.6 Å². The van der Waals surface area contributed by atoms with Crippen LogP contribution in [0.4, 0.5) is 5.82 Å². The molecular formula is C23H30N4O3. The first-order valence-electron chi connectivity index (χ1n) is 10.6. The van der Waals surface area contributed by atoms with E-state index in [1.54, 1.807) is 18.3 Å². The molecule has 0 saturated heterocycles. The van der Waals surface area contributed by atoms with Gasteiger partial charge in [0.1, 0.15) is 6.54 Å². The molecule has 0 unspecified atom stereocenters. The Labute approximate surface area is 178 Å². The molecule has 0 bridgehead atoms. The Morgan fingerprint density at radius 1 is 1.17 bits per heavy atom. The highest BCUT2D eigenvalue weighted by molar-refractivity contribution is 6.03. The molecule has 1 aliphatic heterocycles. The van der Waals surface area contributed by atoms with Crippen molar-refractivity contribution < 1.29 is 14.3 Å². The largest absolute Gasteiger partial charge is 0.472 e. The summed E-state index contributed by atoms with van der Waals surface area (Å²) in [6.45, 7) is 7.53.